The molecule has 0 aliphatic carbocycles. The summed E-state index contributed by atoms with van der Waals surface area (Å²) >= 11 is 11.2. The van der Waals surface area contributed by atoms with Crippen molar-refractivity contribution in [2.45, 2.75) is 19.8 Å². The molecule has 1 N–H and O–H groups in total. The standard InChI is InChI=1S/C6H4Cl2.C6H10O4.C2H4O2/c7-5-3-1-2-4-6(5)8;1-9-5(7)3-4-6(8)10-2;1-2(3)4/h1-4H;3-4H2,1-2H3;1H3,(H,3,4). The van der Waals surface area contributed by atoms with Crippen molar-refractivity contribution in [3.63, 3.8) is 0 Å². The zero-order valence-electron chi connectivity index (χ0n) is 12.5. The van der Waals surface area contributed by atoms with E-state index in [0.29, 0.717) is 10.0 Å². The molecule has 0 aliphatic rings. The summed E-state index contributed by atoms with van der Waals surface area (Å²) in [7, 11) is 2.55. The van der Waals surface area contributed by atoms with Crippen LogP contribution < -0.4 is 0 Å². The highest BCUT2D eigenvalue weighted by Gasteiger charge is 2.05. The van der Waals surface area contributed by atoms with E-state index in [-0.39, 0.29) is 12.8 Å². The van der Waals surface area contributed by atoms with Gasteiger partial charge in [-0.2, -0.15) is 0 Å². The van der Waals surface area contributed by atoms with Crippen LogP contribution in [0, 0.1) is 0 Å². The van der Waals surface area contributed by atoms with Crippen LogP contribution in [-0.2, 0) is 23.9 Å². The molecule has 0 amide bonds. The number of methoxy groups -OCH3 is 2. The number of carbonyl (C=O) groups is 3. The van der Waals surface area contributed by atoms with Crippen LogP contribution in [0.25, 0.3) is 0 Å². The van der Waals surface area contributed by atoms with Gasteiger partial charge in [-0.1, -0.05) is 35.3 Å². The van der Waals surface area contributed by atoms with Gasteiger partial charge in [0.15, 0.2) is 0 Å². The Labute approximate surface area is 138 Å². The van der Waals surface area contributed by atoms with Crippen molar-refractivity contribution >= 4 is 41.1 Å². The molecule has 1 aromatic rings. The first-order chi connectivity index (χ1) is 10.2. The fraction of sp³-hybridized carbons (Fsp3) is 0.357. The van der Waals surface area contributed by atoms with Crippen molar-refractivity contribution in [3.05, 3.63) is 34.3 Å². The molecule has 0 saturated carbocycles. The quantitative estimate of drug-likeness (QED) is 0.840. The number of halogens is 2. The first-order valence-electron chi connectivity index (χ1n) is 5.97. The van der Waals surface area contributed by atoms with Gasteiger partial charge in [0.05, 0.1) is 37.1 Å². The molecule has 1 rings (SSSR count). The molecule has 0 radical (unpaired) electrons. The fourth-order valence-electron chi connectivity index (χ4n) is 0.848. The number of carbonyl (C=O) groups excluding carboxylic acids is 2. The lowest BCUT2D eigenvalue weighted by atomic mass is 10.3. The number of rotatable bonds is 3. The summed E-state index contributed by atoms with van der Waals surface area (Å²) in [6, 6.07) is 7.19. The normalized spacial score (nSPS) is 8.41. The van der Waals surface area contributed by atoms with E-state index in [1.165, 1.54) is 14.2 Å². The van der Waals surface area contributed by atoms with Crippen LogP contribution in [0.2, 0.25) is 10.0 Å². The van der Waals surface area contributed by atoms with Crippen LogP contribution in [0.1, 0.15) is 19.8 Å². The Balaban J connectivity index is 0. The first kappa shape index (κ1) is 22.5. The number of esters is 2. The molecule has 1 aromatic carbocycles. The molecule has 124 valence electrons. The molecule has 0 atom stereocenters. The summed E-state index contributed by atoms with van der Waals surface area (Å²) in [5.74, 6) is -1.63. The third kappa shape index (κ3) is 16.3. The molecule has 0 spiro atoms. The van der Waals surface area contributed by atoms with Crippen LogP contribution in [0.4, 0.5) is 0 Å². The molecule has 22 heavy (non-hydrogen) atoms. The molecule has 0 aliphatic heterocycles. The van der Waals surface area contributed by atoms with Crippen LogP contribution in [-0.4, -0.2) is 37.2 Å². The Morgan fingerprint density at radius 1 is 0.955 bits per heavy atom. The van der Waals surface area contributed by atoms with Gasteiger partial charge >= 0.3 is 11.9 Å². The van der Waals surface area contributed by atoms with Gasteiger partial charge < -0.3 is 14.6 Å². The smallest absolute Gasteiger partial charge is 0.306 e. The summed E-state index contributed by atoms with van der Waals surface area (Å²) in [5.41, 5.74) is 0. The Kier molecular flexibility index (Phi) is 14.5. The second-order valence-corrected chi connectivity index (χ2v) is 4.40. The van der Waals surface area contributed by atoms with Crippen molar-refractivity contribution in [1.82, 2.24) is 0 Å². The van der Waals surface area contributed by atoms with Gasteiger partial charge in [-0.05, 0) is 12.1 Å². The van der Waals surface area contributed by atoms with Crippen LogP contribution in [0.5, 0.6) is 0 Å². The van der Waals surface area contributed by atoms with E-state index in [1.54, 1.807) is 12.1 Å². The van der Waals surface area contributed by atoms with E-state index in [0.717, 1.165) is 6.92 Å². The number of aliphatic carboxylic acids is 1. The van der Waals surface area contributed by atoms with E-state index < -0.39 is 17.9 Å². The van der Waals surface area contributed by atoms with E-state index in [4.69, 9.17) is 33.1 Å². The fourth-order valence-corrected chi connectivity index (χ4v) is 1.12. The highest BCUT2D eigenvalue weighted by atomic mass is 35.5. The molecule has 0 heterocycles. The predicted octanol–water partition coefficient (Wildman–Crippen LogP) is 3.20. The second-order valence-electron chi connectivity index (χ2n) is 3.59. The first-order valence-corrected chi connectivity index (χ1v) is 6.73. The highest BCUT2D eigenvalue weighted by Crippen LogP contribution is 2.19. The summed E-state index contributed by atoms with van der Waals surface area (Å²) in [6.07, 6.45) is 0.173. The Morgan fingerprint density at radius 2 is 1.23 bits per heavy atom. The molecule has 0 unspecified atom stereocenters. The van der Waals surface area contributed by atoms with Crippen molar-refractivity contribution in [3.8, 4) is 0 Å². The maximum atomic E-state index is 10.4. The van der Waals surface area contributed by atoms with Crippen LogP contribution in [0.15, 0.2) is 24.3 Å². The van der Waals surface area contributed by atoms with Gasteiger partial charge in [-0.25, -0.2) is 0 Å². The Bertz CT molecular complexity index is 435. The average molecular weight is 353 g/mol. The molecule has 0 saturated heterocycles. The predicted molar refractivity (Wildman–Crippen MR) is 83.0 cm³/mol. The monoisotopic (exact) mass is 352 g/mol. The third-order valence-corrected chi connectivity index (χ3v) is 2.57. The summed E-state index contributed by atoms with van der Waals surface area (Å²) in [5, 5.41) is 8.63. The van der Waals surface area contributed by atoms with Crippen molar-refractivity contribution in [2.75, 3.05) is 14.2 Å². The Hall–Kier alpha value is -1.79. The number of hydrogen-bond acceptors (Lipinski definition) is 5. The lowest BCUT2D eigenvalue weighted by Crippen LogP contribution is -2.06. The van der Waals surface area contributed by atoms with E-state index in [9.17, 15) is 9.59 Å². The van der Waals surface area contributed by atoms with Crippen molar-refractivity contribution in [1.29, 1.82) is 0 Å². The average Bonchev–Trinajstić information content (AvgIpc) is 2.47. The van der Waals surface area contributed by atoms with Gasteiger partial charge in [0.25, 0.3) is 5.97 Å². The minimum absolute atomic E-state index is 0.0865. The summed E-state index contributed by atoms with van der Waals surface area (Å²) < 4.78 is 8.60. The summed E-state index contributed by atoms with van der Waals surface area (Å²) in [6.45, 7) is 1.08. The lowest BCUT2D eigenvalue weighted by Gasteiger charge is -1.96. The van der Waals surface area contributed by atoms with E-state index in [1.807, 2.05) is 12.1 Å². The summed E-state index contributed by atoms with van der Waals surface area (Å²) in [4.78, 5) is 29.8. The molecule has 8 heteroatoms. The van der Waals surface area contributed by atoms with Gasteiger partial charge in [0.1, 0.15) is 0 Å². The lowest BCUT2D eigenvalue weighted by molar-refractivity contribution is -0.147. The molecule has 0 fully saturated rings. The van der Waals surface area contributed by atoms with E-state index in [2.05, 4.69) is 9.47 Å². The van der Waals surface area contributed by atoms with Crippen LogP contribution >= 0.6 is 23.2 Å². The minimum atomic E-state index is -0.833. The largest absolute Gasteiger partial charge is 0.481 e. The number of carboxylic acid groups (broad SMARTS) is 1. The number of hydrogen-bond donors (Lipinski definition) is 1. The zero-order chi connectivity index (χ0) is 17.5. The van der Waals surface area contributed by atoms with Gasteiger partial charge in [0.2, 0.25) is 0 Å². The minimum Gasteiger partial charge on any atom is -0.481 e. The van der Waals surface area contributed by atoms with Crippen molar-refractivity contribution < 1.29 is 29.0 Å². The molecular formula is C14H18Cl2O6. The zero-order valence-corrected chi connectivity index (χ0v) is 14.0. The number of carboxylic acids is 1. The highest BCUT2D eigenvalue weighted by molar-refractivity contribution is 6.41. The van der Waals surface area contributed by atoms with Gasteiger partial charge in [-0.15, -0.1) is 0 Å². The maximum absolute atomic E-state index is 10.4. The maximum Gasteiger partial charge on any atom is 0.306 e. The number of ether oxygens (including phenoxy) is 2. The SMILES string of the molecule is CC(=O)O.COC(=O)CCC(=O)OC.Clc1ccccc1Cl. The third-order valence-electron chi connectivity index (χ3n) is 1.81. The van der Waals surface area contributed by atoms with E-state index >= 15 is 0 Å². The Morgan fingerprint density at radius 3 is 1.41 bits per heavy atom. The number of benzene rings is 1. The molecular weight excluding hydrogens is 335 g/mol. The van der Waals surface area contributed by atoms with Crippen molar-refractivity contribution in [2.24, 2.45) is 0 Å². The second kappa shape index (κ2) is 14.2. The topological polar surface area (TPSA) is 89.9 Å². The molecule has 0 bridgehead atoms. The van der Waals surface area contributed by atoms with Gasteiger partial charge in [-0.3, -0.25) is 14.4 Å². The molecule has 0 aromatic heterocycles. The molecule has 6 nitrogen and oxygen atoms in total. The van der Waals surface area contributed by atoms with Gasteiger partial charge in [0, 0.05) is 6.92 Å². The van der Waals surface area contributed by atoms with Crippen LogP contribution in [0.3, 0.4) is 0 Å².